The summed E-state index contributed by atoms with van der Waals surface area (Å²) in [6, 6.07) is 6.38. The van der Waals surface area contributed by atoms with E-state index in [0.29, 0.717) is 17.3 Å². The van der Waals surface area contributed by atoms with E-state index in [9.17, 15) is 4.79 Å². The van der Waals surface area contributed by atoms with E-state index in [1.807, 2.05) is 6.92 Å². The van der Waals surface area contributed by atoms with Crippen LogP contribution in [0.15, 0.2) is 28.8 Å². The fourth-order valence-electron chi connectivity index (χ4n) is 1.83. The molecule has 1 aromatic carbocycles. The molecule has 0 atom stereocenters. The van der Waals surface area contributed by atoms with Gasteiger partial charge in [-0.15, -0.1) is 5.10 Å². The highest BCUT2D eigenvalue weighted by atomic mass is 32.1. The molecule has 3 aromatic rings. The summed E-state index contributed by atoms with van der Waals surface area (Å²) in [5.41, 5.74) is 1.56. The number of aromatic nitrogens is 4. The van der Waals surface area contributed by atoms with Crippen LogP contribution in [0.5, 0.6) is 0 Å². The Kier molecular flexibility index (Phi) is 3.44. The van der Waals surface area contributed by atoms with E-state index in [4.69, 9.17) is 9.63 Å². The number of rotatable bonds is 4. The number of benzene rings is 1. The molecule has 0 aliphatic heterocycles. The summed E-state index contributed by atoms with van der Waals surface area (Å²) in [7, 11) is 0. The van der Waals surface area contributed by atoms with Gasteiger partial charge in [0, 0.05) is 5.56 Å². The van der Waals surface area contributed by atoms with Crippen molar-refractivity contribution in [1.82, 2.24) is 19.7 Å². The van der Waals surface area contributed by atoms with Gasteiger partial charge in [-0.05, 0) is 30.1 Å². The molecule has 0 fully saturated rings. The molecule has 2 heterocycles. The van der Waals surface area contributed by atoms with Crippen LogP contribution >= 0.6 is 11.5 Å². The van der Waals surface area contributed by atoms with Crippen molar-refractivity contribution in [3.8, 4) is 22.2 Å². The third kappa shape index (κ3) is 2.52. The van der Waals surface area contributed by atoms with E-state index in [2.05, 4.69) is 19.7 Å². The van der Waals surface area contributed by atoms with Gasteiger partial charge >= 0.3 is 5.97 Å². The third-order valence-corrected chi connectivity index (χ3v) is 3.63. The van der Waals surface area contributed by atoms with Crippen molar-refractivity contribution in [2.45, 2.75) is 13.3 Å². The molecular formula is C13H10N4O3S. The van der Waals surface area contributed by atoms with E-state index in [-0.39, 0.29) is 5.56 Å². The van der Waals surface area contributed by atoms with Gasteiger partial charge in [0.05, 0.1) is 11.3 Å². The summed E-state index contributed by atoms with van der Waals surface area (Å²) in [4.78, 5) is 16.0. The summed E-state index contributed by atoms with van der Waals surface area (Å²) in [6.45, 7) is 1.97. The first kappa shape index (κ1) is 13.4. The normalized spacial score (nSPS) is 10.7. The number of carboxylic acid groups (broad SMARTS) is 1. The molecule has 8 heteroatoms. The van der Waals surface area contributed by atoms with Crippen LogP contribution in [-0.2, 0) is 6.42 Å². The second-order valence-corrected chi connectivity index (χ2v) is 4.97. The lowest BCUT2D eigenvalue weighted by atomic mass is 10.1. The molecule has 0 bridgehead atoms. The molecule has 0 aliphatic rings. The topological polar surface area (TPSA) is 102 Å². The lowest BCUT2D eigenvalue weighted by molar-refractivity contribution is 0.0697. The first-order chi connectivity index (χ1) is 10.2. The Morgan fingerprint density at radius 3 is 3.05 bits per heavy atom. The number of aryl methyl sites for hydroxylation is 1. The Hall–Kier alpha value is -2.61. The van der Waals surface area contributed by atoms with Gasteiger partial charge in [0.2, 0.25) is 5.82 Å². The minimum Gasteiger partial charge on any atom is -0.478 e. The summed E-state index contributed by atoms with van der Waals surface area (Å²) in [5.74, 6) is -0.318. The summed E-state index contributed by atoms with van der Waals surface area (Å²) in [6.07, 6.45) is 0.720. The standard InChI is InChI=1S/C13H10N4O3S/c1-2-9-10(21-17-15-9)12-14-11(16-20-12)7-4-3-5-8(6-7)13(18)19/h3-6H,2H2,1H3,(H,18,19). The summed E-state index contributed by atoms with van der Waals surface area (Å²) < 4.78 is 9.10. The second-order valence-electron chi connectivity index (χ2n) is 4.21. The minimum absolute atomic E-state index is 0.174. The predicted octanol–water partition coefficient (Wildman–Crippen LogP) is 2.52. The lowest BCUT2D eigenvalue weighted by Crippen LogP contribution is -1.96. The molecule has 0 radical (unpaired) electrons. The van der Waals surface area contributed by atoms with Gasteiger partial charge in [0.25, 0.3) is 5.89 Å². The molecule has 7 nitrogen and oxygen atoms in total. The monoisotopic (exact) mass is 302 g/mol. The number of hydrogen-bond donors (Lipinski definition) is 1. The first-order valence-corrected chi connectivity index (χ1v) is 6.95. The smallest absolute Gasteiger partial charge is 0.335 e. The second kappa shape index (κ2) is 5.41. The quantitative estimate of drug-likeness (QED) is 0.789. The Balaban J connectivity index is 1.99. The molecule has 0 amide bonds. The van der Waals surface area contributed by atoms with Crippen LogP contribution in [0.4, 0.5) is 0 Å². The predicted molar refractivity (Wildman–Crippen MR) is 75.0 cm³/mol. The molecule has 1 N–H and O–H groups in total. The molecule has 0 saturated carbocycles. The van der Waals surface area contributed by atoms with Crippen LogP contribution in [0.3, 0.4) is 0 Å². The zero-order valence-electron chi connectivity index (χ0n) is 11.0. The van der Waals surface area contributed by atoms with Gasteiger partial charge in [-0.25, -0.2) is 4.79 Å². The fourth-order valence-corrected chi connectivity index (χ4v) is 2.50. The van der Waals surface area contributed by atoms with E-state index in [1.165, 1.54) is 23.7 Å². The van der Waals surface area contributed by atoms with Gasteiger partial charge in [-0.3, -0.25) is 0 Å². The van der Waals surface area contributed by atoms with Crippen molar-refractivity contribution in [2.75, 3.05) is 0 Å². The Morgan fingerprint density at radius 1 is 1.43 bits per heavy atom. The summed E-state index contributed by atoms with van der Waals surface area (Å²) >= 11 is 1.19. The fraction of sp³-hybridized carbons (Fsp3) is 0.154. The highest BCUT2D eigenvalue weighted by molar-refractivity contribution is 7.09. The molecule has 0 unspecified atom stereocenters. The first-order valence-electron chi connectivity index (χ1n) is 6.18. The van der Waals surface area contributed by atoms with Gasteiger partial charge in [-0.1, -0.05) is 28.7 Å². The molecule has 0 aliphatic carbocycles. The van der Waals surface area contributed by atoms with Crippen molar-refractivity contribution >= 4 is 17.5 Å². The maximum absolute atomic E-state index is 11.0. The van der Waals surface area contributed by atoms with E-state index in [1.54, 1.807) is 12.1 Å². The number of hydrogen-bond acceptors (Lipinski definition) is 7. The van der Waals surface area contributed by atoms with Crippen LogP contribution in [0.25, 0.3) is 22.2 Å². The van der Waals surface area contributed by atoms with Gasteiger partial charge in [-0.2, -0.15) is 4.98 Å². The minimum atomic E-state index is -1.000. The maximum atomic E-state index is 11.0. The molecule has 0 saturated heterocycles. The van der Waals surface area contributed by atoms with Crippen LogP contribution in [-0.4, -0.2) is 30.8 Å². The zero-order chi connectivity index (χ0) is 14.8. The summed E-state index contributed by atoms with van der Waals surface area (Å²) in [5, 5.41) is 16.9. The molecular weight excluding hydrogens is 292 g/mol. The molecule has 21 heavy (non-hydrogen) atoms. The van der Waals surface area contributed by atoms with Crippen molar-refractivity contribution < 1.29 is 14.4 Å². The zero-order valence-corrected chi connectivity index (χ0v) is 11.8. The van der Waals surface area contributed by atoms with Crippen LogP contribution in [0.1, 0.15) is 23.0 Å². The number of carbonyl (C=O) groups is 1. The van der Waals surface area contributed by atoms with E-state index >= 15 is 0 Å². The van der Waals surface area contributed by atoms with Gasteiger partial charge in [0.1, 0.15) is 4.88 Å². The Labute approximate surface area is 123 Å². The van der Waals surface area contributed by atoms with Crippen molar-refractivity contribution in [3.63, 3.8) is 0 Å². The number of nitrogens with zero attached hydrogens (tertiary/aromatic N) is 4. The average Bonchev–Trinajstić information content (AvgIpc) is 3.15. The highest BCUT2D eigenvalue weighted by Gasteiger charge is 2.17. The number of aromatic carboxylic acids is 1. The van der Waals surface area contributed by atoms with Gasteiger partial charge in [0.15, 0.2) is 0 Å². The Bertz CT molecular complexity index is 796. The van der Waals surface area contributed by atoms with E-state index in [0.717, 1.165) is 17.0 Å². The number of carboxylic acids is 1. The van der Waals surface area contributed by atoms with Crippen molar-refractivity contribution in [1.29, 1.82) is 0 Å². The average molecular weight is 302 g/mol. The van der Waals surface area contributed by atoms with Crippen molar-refractivity contribution in [3.05, 3.63) is 35.5 Å². The van der Waals surface area contributed by atoms with Gasteiger partial charge < -0.3 is 9.63 Å². The van der Waals surface area contributed by atoms with E-state index < -0.39 is 5.97 Å². The SMILES string of the molecule is CCc1nnsc1-c1nc(-c2cccc(C(=O)O)c2)no1. The van der Waals surface area contributed by atoms with Crippen LogP contribution in [0, 0.1) is 0 Å². The lowest BCUT2D eigenvalue weighted by Gasteiger charge is -1.96. The Morgan fingerprint density at radius 2 is 2.29 bits per heavy atom. The molecule has 2 aromatic heterocycles. The molecule has 0 spiro atoms. The largest absolute Gasteiger partial charge is 0.478 e. The molecule has 106 valence electrons. The maximum Gasteiger partial charge on any atom is 0.335 e. The molecule has 3 rings (SSSR count). The third-order valence-electron chi connectivity index (χ3n) is 2.88. The highest BCUT2D eigenvalue weighted by Crippen LogP contribution is 2.27. The van der Waals surface area contributed by atoms with Crippen molar-refractivity contribution in [2.24, 2.45) is 0 Å². The van der Waals surface area contributed by atoms with Crippen LogP contribution < -0.4 is 0 Å². The van der Waals surface area contributed by atoms with Crippen LogP contribution in [0.2, 0.25) is 0 Å².